The number of nitrogens with zero attached hydrogens (tertiary/aromatic N) is 2. The number of carbonyl (C=O) groups is 3. The van der Waals surface area contributed by atoms with Crippen LogP contribution in [0.1, 0.15) is 59.2 Å². The molecule has 1 amide bonds. The van der Waals surface area contributed by atoms with Crippen LogP contribution in [-0.4, -0.2) is 48.1 Å². The van der Waals surface area contributed by atoms with Gasteiger partial charge in [0.1, 0.15) is 22.1 Å². The SMILES string of the molecule is CCCCOc1ccc(C2C(=C(O)c3cccc(OCC)c3)C(=O)C(=O)N2c2nc(C)c(C(=O)OC)s2)cc1. The van der Waals surface area contributed by atoms with Crippen LogP contribution in [0, 0.1) is 6.92 Å². The number of carbonyl (C=O) groups excluding carboxylic acids is 3. The van der Waals surface area contributed by atoms with E-state index in [1.807, 2.05) is 6.92 Å². The van der Waals surface area contributed by atoms with E-state index in [1.165, 1.54) is 12.0 Å². The summed E-state index contributed by atoms with van der Waals surface area (Å²) in [6, 6.07) is 12.7. The topological polar surface area (TPSA) is 115 Å². The van der Waals surface area contributed by atoms with Gasteiger partial charge in [-0.25, -0.2) is 9.78 Å². The van der Waals surface area contributed by atoms with E-state index in [-0.39, 0.29) is 21.3 Å². The number of hydrogen-bond donors (Lipinski definition) is 1. The molecule has 9 nitrogen and oxygen atoms in total. The maximum Gasteiger partial charge on any atom is 0.350 e. The average molecular weight is 551 g/mol. The monoisotopic (exact) mass is 550 g/mol. The number of rotatable bonds is 10. The van der Waals surface area contributed by atoms with Crippen molar-refractivity contribution in [1.82, 2.24) is 4.98 Å². The van der Waals surface area contributed by atoms with Crippen LogP contribution in [-0.2, 0) is 14.3 Å². The lowest BCUT2D eigenvalue weighted by Crippen LogP contribution is -2.29. The molecule has 0 bridgehead atoms. The Labute approximate surface area is 230 Å². The lowest BCUT2D eigenvalue weighted by atomic mass is 9.95. The smallest absolute Gasteiger partial charge is 0.350 e. The number of hydrogen-bond acceptors (Lipinski definition) is 9. The number of aromatic nitrogens is 1. The predicted molar refractivity (Wildman–Crippen MR) is 147 cm³/mol. The first-order valence-corrected chi connectivity index (χ1v) is 13.4. The summed E-state index contributed by atoms with van der Waals surface area (Å²) in [6.45, 7) is 6.53. The maximum atomic E-state index is 13.4. The molecule has 0 aliphatic carbocycles. The number of aliphatic hydroxyl groups excluding tert-OH is 1. The van der Waals surface area contributed by atoms with E-state index in [0.717, 1.165) is 24.2 Å². The van der Waals surface area contributed by atoms with Crippen molar-refractivity contribution in [3.05, 3.63) is 75.8 Å². The molecule has 204 valence electrons. The second kappa shape index (κ2) is 12.1. The van der Waals surface area contributed by atoms with Crippen LogP contribution >= 0.6 is 11.3 Å². The minimum Gasteiger partial charge on any atom is -0.507 e. The molecule has 0 spiro atoms. The first kappa shape index (κ1) is 27.8. The van der Waals surface area contributed by atoms with E-state index in [1.54, 1.807) is 55.5 Å². The summed E-state index contributed by atoms with van der Waals surface area (Å²) in [5.41, 5.74) is 1.16. The van der Waals surface area contributed by atoms with Crippen LogP contribution in [0.3, 0.4) is 0 Å². The predicted octanol–water partition coefficient (Wildman–Crippen LogP) is 5.44. The Morgan fingerprint density at radius 3 is 2.49 bits per heavy atom. The fourth-order valence-corrected chi connectivity index (χ4v) is 5.26. The Morgan fingerprint density at radius 1 is 1.08 bits per heavy atom. The number of unbranched alkanes of at least 4 members (excludes halogenated alkanes) is 1. The largest absolute Gasteiger partial charge is 0.507 e. The van der Waals surface area contributed by atoms with E-state index >= 15 is 0 Å². The molecular formula is C29H30N2O7S. The molecule has 1 aliphatic heterocycles. The summed E-state index contributed by atoms with van der Waals surface area (Å²) in [5.74, 6) is -1.50. The van der Waals surface area contributed by atoms with Gasteiger partial charge in [-0.05, 0) is 50.1 Å². The molecule has 1 unspecified atom stereocenters. The Balaban J connectivity index is 1.85. The maximum absolute atomic E-state index is 13.4. The fraction of sp³-hybridized carbons (Fsp3) is 0.310. The highest BCUT2D eigenvalue weighted by molar-refractivity contribution is 7.17. The van der Waals surface area contributed by atoms with Crippen LogP contribution < -0.4 is 14.4 Å². The summed E-state index contributed by atoms with van der Waals surface area (Å²) >= 11 is 0.947. The molecule has 3 aromatic rings. The number of methoxy groups -OCH3 is 1. The normalized spacial score (nSPS) is 16.4. The average Bonchev–Trinajstić information content (AvgIpc) is 3.45. The number of amides is 1. The number of benzene rings is 2. The molecule has 2 heterocycles. The number of ether oxygens (including phenoxy) is 3. The van der Waals surface area contributed by atoms with Gasteiger partial charge in [0.05, 0.1) is 37.6 Å². The van der Waals surface area contributed by atoms with Gasteiger partial charge in [-0.3, -0.25) is 14.5 Å². The Kier molecular flexibility index (Phi) is 8.65. The Morgan fingerprint density at radius 2 is 1.82 bits per heavy atom. The van der Waals surface area contributed by atoms with Crippen molar-refractivity contribution >= 4 is 39.9 Å². The van der Waals surface area contributed by atoms with E-state index in [9.17, 15) is 19.5 Å². The van der Waals surface area contributed by atoms with Crippen LogP contribution in [0.5, 0.6) is 11.5 Å². The second-order valence-electron chi connectivity index (χ2n) is 8.80. The van der Waals surface area contributed by atoms with Gasteiger partial charge in [-0.2, -0.15) is 0 Å². The third-order valence-electron chi connectivity index (χ3n) is 6.19. The molecule has 1 atom stereocenters. The summed E-state index contributed by atoms with van der Waals surface area (Å²) in [5, 5.41) is 11.5. The Bertz CT molecular complexity index is 1410. The number of ketones is 1. The van der Waals surface area contributed by atoms with Crippen molar-refractivity contribution in [3.63, 3.8) is 0 Å². The van der Waals surface area contributed by atoms with Crippen LogP contribution in [0.4, 0.5) is 5.13 Å². The van der Waals surface area contributed by atoms with Gasteiger partial charge in [0.2, 0.25) is 0 Å². The van der Waals surface area contributed by atoms with E-state index in [2.05, 4.69) is 11.9 Å². The van der Waals surface area contributed by atoms with E-state index in [0.29, 0.717) is 41.5 Å². The van der Waals surface area contributed by atoms with Crippen molar-refractivity contribution in [2.75, 3.05) is 25.2 Å². The summed E-state index contributed by atoms with van der Waals surface area (Å²) < 4.78 is 16.2. The molecule has 1 aliphatic rings. The number of aryl methyl sites for hydroxylation is 1. The highest BCUT2D eigenvalue weighted by Crippen LogP contribution is 2.44. The number of aliphatic hydroxyl groups is 1. The van der Waals surface area contributed by atoms with Gasteiger partial charge in [-0.15, -0.1) is 0 Å². The quantitative estimate of drug-likeness (QED) is 0.117. The zero-order valence-electron chi connectivity index (χ0n) is 22.2. The van der Waals surface area contributed by atoms with Crippen molar-refractivity contribution in [3.8, 4) is 11.5 Å². The van der Waals surface area contributed by atoms with Crippen molar-refractivity contribution in [2.24, 2.45) is 0 Å². The summed E-state index contributed by atoms with van der Waals surface area (Å²) in [4.78, 5) is 45.0. The van der Waals surface area contributed by atoms with Crippen LogP contribution in [0.15, 0.2) is 54.1 Å². The fourth-order valence-electron chi connectivity index (χ4n) is 4.25. The van der Waals surface area contributed by atoms with Crippen molar-refractivity contribution in [2.45, 2.75) is 39.7 Å². The lowest BCUT2D eigenvalue weighted by Gasteiger charge is -2.23. The number of esters is 1. The number of thiazole rings is 1. The summed E-state index contributed by atoms with van der Waals surface area (Å²) in [7, 11) is 1.26. The highest BCUT2D eigenvalue weighted by atomic mass is 32.1. The minimum atomic E-state index is -0.999. The van der Waals surface area contributed by atoms with Gasteiger partial charge in [-0.1, -0.05) is 48.9 Å². The zero-order chi connectivity index (χ0) is 28.1. The molecule has 1 aromatic heterocycles. The van der Waals surface area contributed by atoms with E-state index in [4.69, 9.17) is 14.2 Å². The van der Waals surface area contributed by atoms with Crippen LogP contribution in [0.25, 0.3) is 5.76 Å². The molecule has 4 rings (SSSR count). The molecule has 1 saturated heterocycles. The molecule has 39 heavy (non-hydrogen) atoms. The first-order valence-electron chi connectivity index (χ1n) is 12.6. The zero-order valence-corrected chi connectivity index (χ0v) is 23.0. The first-order chi connectivity index (χ1) is 18.8. The van der Waals surface area contributed by atoms with Gasteiger partial charge >= 0.3 is 11.9 Å². The molecule has 2 aromatic carbocycles. The third-order valence-corrected chi connectivity index (χ3v) is 7.32. The van der Waals surface area contributed by atoms with Gasteiger partial charge in [0, 0.05) is 5.56 Å². The number of anilines is 1. The molecule has 1 fully saturated rings. The lowest BCUT2D eigenvalue weighted by molar-refractivity contribution is -0.132. The molecular weight excluding hydrogens is 520 g/mol. The van der Waals surface area contributed by atoms with Gasteiger partial charge < -0.3 is 19.3 Å². The second-order valence-corrected chi connectivity index (χ2v) is 9.78. The van der Waals surface area contributed by atoms with Crippen molar-refractivity contribution in [1.29, 1.82) is 0 Å². The highest BCUT2D eigenvalue weighted by Gasteiger charge is 2.48. The molecule has 10 heteroatoms. The van der Waals surface area contributed by atoms with Crippen molar-refractivity contribution < 1.29 is 33.7 Å². The minimum absolute atomic E-state index is 0.0965. The molecule has 0 radical (unpaired) electrons. The molecule has 0 saturated carbocycles. The van der Waals surface area contributed by atoms with Crippen LogP contribution in [0.2, 0.25) is 0 Å². The van der Waals surface area contributed by atoms with Gasteiger partial charge in [0.25, 0.3) is 5.78 Å². The van der Waals surface area contributed by atoms with Gasteiger partial charge in [0.15, 0.2) is 5.13 Å². The number of Topliss-reactive ketones (excluding diaryl/α,β-unsaturated/α-hetero) is 1. The van der Waals surface area contributed by atoms with E-state index < -0.39 is 23.7 Å². The Hall–Kier alpha value is -4.18. The molecule has 1 N–H and O–H groups in total. The standard InChI is InChI=1S/C29H30N2O7S/c1-5-7-15-38-20-13-11-18(12-14-20)23-22(24(32)19-9-8-10-21(16-19)37-6-2)25(33)27(34)31(23)29-30-17(3)26(39-29)28(35)36-4/h8-14,16,23,32H,5-7,15H2,1-4H3. The summed E-state index contributed by atoms with van der Waals surface area (Å²) in [6.07, 6.45) is 1.91. The third kappa shape index (κ3) is 5.65.